The van der Waals surface area contributed by atoms with Gasteiger partial charge in [-0.25, -0.2) is 0 Å². The van der Waals surface area contributed by atoms with Gasteiger partial charge in [0.05, 0.1) is 17.9 Å². The summed E-state index contributed by atoms with van der Waals surface area (Å²) in [6.07, 6.45) is 7.01. The zero-order valence-electron chi connectivity index (χ0n) is 23.3. The second-order valence-electron chi connectivity index (χ2n) is 11.0. The van der Waals surface area contributed by atoms with Crippen LogP contribution in [0.1, 0.15) is 52.4 Å². The molecule has 39 heavy (non-hydrogen) atoms. The number of para-hydroxylation sites is 1. The van der Waals surface area contributed by atoms with Gasteiger partial charge >= 0.3 is 0 Å². The van der Waals surface area contributed by atoms with Gasteiger partial charge in [0.25, 0.3) is 0 Å². The standard InChI is InChI=1S/C31H43N3O5/c1-5-13-22(4)32(18-6-2)30(38)27-31-17-16-24(39-31)25(26(31)29(37)34(27)20-11-12-21-35)28(36)33(19-7-3)23-14-9-8-10-15-23/h6-10,14-15,22,24-27,35H,2-3,5,11-13,16-21H2,1,4H3/t22?,24-,25+,26-,27?,31?/m0/s1. The molecule has 3 unspecified atom stereocenters. The highest BCUT2D eigenvalue weighted by molar-refractivity contribution is 6.03. The maximum atomic E-state index is 14.3. The first-order chi connectivity index (χ1) is 18.9. The molecule has 0 aromatic heterocycles. The fourth-order valence-corrected chi connectivity index (χ4v) is 6.94. The lowest BCUT2D eigenvalue weighted by Crippen LogP contribution is -2.58. The minimum atomic E-state index is -1.04. The van der Waals surface area contributed by atoms with Gasteiger partial charge in [0, 0.05) is 38.0 Å². The van der Waals surface area contributed by atoms with E-state index < -0.39 is 29.6 Å². The molecule has 3 amide bonds. The van der Waals surface area contributed by atoms with Crippen molar-refractivity contribution in [3.8, 4) is 0 Å². The predicted molar refractivity (Wildman–Crippen MR) is 151 cm³/mol. The number of likely N-dealkylation sites (tertiary alicyclic amines) is 1. The first kappa shape index (κ1) is 29.0. The van der Waals surface area contributed by atoms with Gasteiger partial charge in [-0.05, 0) is 51.2 Å². The van der Waals surface area contributed by atoms with Crippen LogP contribution in [-0.2, 0) is 19.1 Å². The van der Waals surface area contributed by atoms with Crippen molar-refractivity contribution in [2.75, 3.05) is 31.1 Å². The van der Waals surface area contributed by atoms with E-state index in [1.165, 1.54) is 0 Å². The highest BCUT2D eigenvalue weighted by Crippen LogP contribution is 2.59. The van der Waals surface area contributed by atoms with Crippen molar-refractivity contribution < 1.29 is 24.2 Å². The van der Waals surface area contributed by atoms with Crippen molar-refractivity contribution in [3.05, 3.63) is 55.6 Å². The van der Waals surface area contributed by atoms with Crippen LogP contribution in [0, 0.1) is 11.8 Å². The number of ether oxygens (including phenoxy) is 1. The van der Waals surface area contributed by atoms with E-state index in [-0.39, 0.29) is 30.4 Å². The first-order valence-corrected chi connectivity index (χ1v) is 14.3. The van der Waals surface area contributed by atoms with Crippen LogP contribution in [0.3, 0.4) is 0 Å². The van der Waals surface area contributed by atoms with E-state index in [0.29, 0.717) is 45.3 Å². The molecule has 2 bridgehead atoms. The molecule has 0 aliphatic carbocycles. The molecule has 3 saturated heterocycles. The minimum absolute atomic E-state index is 0.0125. The molecule has 8 nitrogen and oxygen atoms in total. The smallest absolute Gasteiger partial charge is 0.248 e. The number of carbonyl (C=O) groups is 3. The number of fused-ring (bicyclic) bond motifs is 1. The normalized spacial score (nSPS) is 27.8. The topological polar surface area (TPSA) is 90.4 Å². The average molecular weight is 538 g/mol. The van der Waals surface area contributed by atoms with Gasteiger partial charge in [-0.3, -0.25) is 14.4 Å². The minimum Gasteiger partial charge on any atom is -0.396 e. The lowest BCUT2D eigenvalue weighted by atomic mass is 9.70. The summed E-state index contributed by atoms with van der Waals surface area (Å²) >= 11 is 0. The Morgan fingerprint density at radius 1 is 1.18 bits per heavy atom. The van der Waals surface area contributed by atoms with Gasteiger partial charge in [0.15, 0.2) is 0 Å². The zero-order valence-corrected chi connectivity index (χ0v) is 23.3. The number of anilines is 1. The molecule has 1 N–H and O–H groups in total. The van der Waals surface area contributed by atoms with Crippen molar-refractivity contribution in [1.82, 2.24) is 9.80 Å². The highest BCUT2D eigenvalue weighted by atomic mass is 16.5. The molecule has 3 fully saturated rings. The van der Waals surface area contributed by atoms with E-state index in [4.69, 9.17) is 4.74 Å². The van der Waals surface area contributed by atoms with Crippen LogP contribution in [0.15, 0.2) is 55.6 Å². The van der Waals surface area contributed by atoms with Crippen LogP contribution in [0.25, 0.3) is 0 Å². The van der Waals surface area contributed by atoms with Gasteiger partial charge < -0.3 is 24.5 Å². The summed E-state index contributed by atoms with van der Waals surface area (Å²) in [5.41, 5.74) is -0.303. The zero-order chi connectivity index (χ0) is 28.2. The number of rotatable bonds is 14. The van der Waals surface area contributed by atoms with Gasteiger partial charge in [0.2, 0.25) is 17.7 Å². The third-order valence-corrected chi connectivity index (χ3v) is 8.62. The molecule has 3 aliphatic heterocycles. The Bertz CT molecular complexity index is 1060. The number of nitrogens with zero attached hydrogens (tertiary/aromatic N) is 3. The third-order valence-electron chi connectivity index (χ3n) is 8.62. The molecule has 3 heterocycles. The summed E-state index contributed by atoms with van der Waals surface area (Å²) in [5.74, 6) is -1.91. The van der Waals surface area contributed by atoms with Crippen LogP contribution in [-0.4, -0.2) is 82.7 Å². The molecule has 1 spiro atoms. The molecule has 8 heteroatoms. The molecule has 6 atom stereocenters. The quantitative estimate of drug-likeness (QED) is 0.290. The summed E-state index contributed by atoms with van der Waals surface area (Å²) in [6, 6.07) is 8.56. The highest BCUT2D eigenvalue weighted by Gasteiger charge is 2.74. The SMILES string of the molecule is C=CCN(C(=O)[C@@H]1[C@@H]2CCC3(O2)C(C(=O)N(CC=C)C(C)CCC)N(CCCCO)C(=O)[C@H]13)c1ccccc1. The summed E-state index contributed by atoms with van der Waals surface area (Å²) in [5, 5.41) is 9.40. The molecule has 1 aromatic carbocycles. The number of unbranched alkanes of at least 4 members (excludes halogenated alkanes) is 1. The van der Waals surface area contributed by atoms with Crippen LogP contribution >= 0.6 is 0 Å². The number of benzene rings is 1. The van der Waals surface area contributed by atoms with Gasteiger partial charge in [-0.2, -0.15) is 0 Å². The summed E-state index contributed by atoms with van der Waals surface area (Å²) in [7, 11) is 0. The molecule has 0 radical (unpaired) electrons. The number of aliphatic hydroxyl groups is 1. The van der Waals surface area contributed by atoms with Crippen LogP contribution < -0.4 is 4.90 Å². The lowest BCUT2D eigenvalue weighted by molar-refractivity contribution is -0.149. The Labute approximate surface area is 232 Å². The van der Waals surface area contributed by atoms with Gasteiger partial charge in [0.1, 0.15) is 11.6 Å². The van der Waals surface area contributed by atoms with E-state index in [9.17, 15) is 19.5 Å². The van der Waals surface area contributed by atoms with Crippen molar-refractivity contribution in [2.24, 2.45) is 11.8 Å². The van der Waals surface area contributed by atoms with Crippen molar-refractivity contribution in [1.29, 1.82) is 0 Å². The number of amides is 3. The van der Waals surface area contributed by atoms with E-state index in [1.807, 2.05) is 42.2 Å². The Kier molecular flexibility index (Phi) is 9.28. The number of carbonyl (C=O) groups excluding carboxylic acids is 3. The van der Waals surface area contributed by atoms with E-state index in [2.05, 4.69) is 20.1 Å². The second kappa shape index (κ2) is 12.5. The van der Waals surface area contributed by atoms with Crippen LogP contribution in [0.2, 0.25) is 0 Å². The monoisotopic (exact) mass is 537 g/mol. The molecular formula is C31H43N3O5. The van der Waals surface area contributed by atoms with E-state index in [1.54, 1.807) is 22.0 Å². The number of hydrogen-bond acceptors (Lipinski definition) is 5. The Balaban J connectivity index is 1.73. The molecule has 4 rings (SSSR count). The summed E-state index contributed by atoms with van der Waals surface area (Å²) in [4.78, 5) is 47.8. The third kappa shape index (κ3) is 5.16. The molecule has 0 saturated carbocycles. The fourth-order valence-electron chi connectivity index (χ4n) is 6.94. The largest absolute Gasteiger partial charge is 0.396 e. The van der Waals surface area contributed by atoms with Crippen LogP contribution in [0.4, 0.5) is 5.69 Å². The van der Waals surface area contributed by atoms with Crippen molar-refractivity contribution >= 4 is 23.4 Å². The van der Waals surface area contributed by atoms with Gasteiger partial charge in [-0.1, -0.05) is 43.7 Å². The molecular weight excluding hydrogens is 494 g/mol. The van der Waals surface area contributed by atoms with E-state index >= 15 is 0 Å². The van der Waals surface area contributed by atoms with E-state index in [0.717, 1.165) is 18.5 Å². The number of aliphatic hydroxyl groups excluding tert-OH is 1. The maximum Gasteiger partial charge on any atom is 0.248 e. The van der Waals surface area contributed by atoms with Crippen molar-refractivity contribution in [3.63, 3.8) is 0 Å². The summed E-state index contributed by atoms with van der Waals surface area (Å²) in [6.45, 7) is 12.9. The van der Waals surface area contributed by atoms with Crippen LogP contribution in [0.5, 0.6) is 0 Å². The van der Waals surface area contributed by atoms with Crippen molar-refractivity contribution in [2.45, 2.75) is 76.2 Å². The Hall–Kier alpha value is -2.97. The fraction of sp³-hybridized carbons (Fsp3) is 0.581. The van der Waals surface area contributed by atoms with Gasteiger partial charge in [-0.15, -0.1) is 13.2 Å². The molecule has 212 valence electrons. The summed E-state index contributed by atoms with van der Waals surface area (Å²) < 4.78 is 6.63. The Morgan fingerprint density at radius 2 is 1.90 bits per heavy atom. The predicted octanol–water partition coefficient (Wildman–Crippen LogP) is 3.56. The maximum absolute atomic E-state index is 14.3. The number of hydrogen-bond donors (Lipinski definition) is 1. The lowest BCUT2D eigenvalue weighted by Gasteiger charge is -2.39. The first-order valence-electron chi connectivity index (χ1n) is 14.3. The average Bonchev–Trinajstić information content (AvgIpc) is 3.58. The Morgan fingerprint density at radius 3 is 2.54 bits per heavy atom. The second-order valence-corrected chi connectivity index (χ2v) is 11.0. The molecule has 3 aliphatic rings. The molecule has 1 aromatic rings.